The zero-order chi connectivity index (χ0) is 23.5. The maximum Gasteiger partial charge on any atom is 0.435 e. The molecular weight excluding hydrogens is 430 g/mol. The number of aromatic hydroxyl groups is 2. The first-order valence-electron chi connectivity index (χ1n) is 9.91. The molecule has 0 aliphatic heterocycles. The van der Waals surface area contributed by atoms with Crippen molar-refractivity contribution in [1.82, 2.24) is 9.78 Å². The van der Waals surface area contributed by atoms with Gasteiger partial charge in [-0.3, -0.25) is 0 Å². The number of nitrogens with one attached hydrogen (secondary N) is 1. The molecule has 0 atom stereocenters. The molecule has 0 bridgehead atoms. The highest BCUT2D eigenvalue weighted by molar-refractivity contribution is 5.54. The number of rotatable bonds is 4. The molecular formula is C22H23F4N3O3. The van der Waals surface area contributed by atoms with Gasteiger partial charge in [0.25, 0.3) is 0 Å². The second kappa shape index (κ2) is 9.47. The molecule has 1 aliphatic rings. The standard InChI is InChI=1S/C21H19F4N3O2.CH4O/c22-15-7-6-13(10-16(15)26-11-12-5-8-18(29)19(30)9-12)28-17-4-2-1-3-14(17)20(27-28)21(23,24)25;1-2/h5-10,26,29-30H,1-4,11H2;2H,1H3. The summed E-state index contributed by atoms with van der Waals surface area (Å²) in [6.07, 6.45) is -2.30. The van der Waals surface area contributed by atoms with E-state index in [1.165, 1.54) is 35.0 Å². The lowest BCUT2D eigenvalue weighted by Crippen LogP contribution is -2.11. The molecule has 0 spiro atoms. The maximum atomic E-state index is 14.3. The van der Waals surface area contributed by atoms with E-state index in [-0.39, 0.29) is 29.3 Å². The van der Waals surface area contributed by atoms with E-state index in [9.17, 15) is 27.8 Å². The average molecular weight is 453 g/mol. The molecule has 0 saturated heterocycles. The number of aliphatic hydroxyl groups is 1. The number of hydrogen-bond donors (Lipinski definition) is 4. The van der Waals surface area contributed by atoms with Gasteiger partial charge in [0.2, 0.25) is 0 Å². The molecule has 0 fully saturated rings. The zero-order valence-electron chi connectivity index (χ0n) is 17.2. The van der Waals surface area contributed by atoms with Gasteiger partial charge in [0.1, 0.15) is 5.82 Å². The number of hydrogen-bond acceptors (Lipinski definition) is 5. The second-order valence-electron chi connectivity index (χ2n) is 7.23. The summed E-state index contributed by atoms with van der Waals surface area (Å²) < 4.78 is 55.9. The van der Waals surface area contributed by atoms with Gasteiger partial charge in [0, 0.05) is 24.9 Å². The third-order valence-corrected chi connectivity index (χ3v) is 5.17. The Bertz CT molecular complexity index is 1100. The Hall–Kier alpha value is -3.27. The van der Waals surface area contributed by atoms with Crippen LogP contribution >= 0.6 is 0 Å². The number of fused-ring (bicyclic) bond motifs is 1. The van der Waals surface area contributed by atoms with E-state index in [1.54, 1.807) is 6.07 Å². The number of alkyl halides is 3. The minimum atomic E-state index is -4.55. The van der Waals surface area contributed by atoms with Gasteiger partial charge in [0.05, 0.1) is 11.4 Å². The van der Waals surface area contributed by atoms with Crippen molar-refractivity contribution in [3.63, 3.8) is 0 Å². The van der Waals surface area contributed by atoms with E-state index in [0.717, 1.165) is 13.5 Å². The van der Waals surface area contributed by atoms with E-state index in [0.29, 0.717) is 36.2 Å². The van der Waals surface area contributed by atoms with Crippen LogP contribution in [-0.4, -0.2) is 32.2 Å². The van der Waals surface area contributed by atoms with Crippen LogP contribution in [0.4, 0.5) is 23.2 Å². The molecule has 1 heterocycles. The predicted molar refractivity (Wildman–Crippen MR) is 110 cm³/mol. The van der Waals surface area contributed by atoms with Crippen LogP contribution in [-0.2, 0) is 25.6 Å². The summed E-state index contributed by atoms with van der Waals surface area (Å²) in [5.74, 6) is -1.14. The molecule has 172 valence electrons. The van der Waals surface area contributed by atoms with Crippen LogP contribution in [0.3, 0.4) is 0 Å². The van der Waals surface area contributed by atoms with Crippen molar-refractivity contribution in [3.05, 3.63) is 64.7 Å². The van der Waals surface area contributed by atoms with Crippen molar-refractivity contribution in [1.29, 1.82) is 0 Å². The molecule has 2 aromatic carbocycles. The van der Waals surface area contributed by atoms with Gasteiger partial charge in [-0.25, -0.2) is 9.07 Å². The summed E-state index contributed by atoms with van der Waals surface area (Å²) in [6, 6.07) is 8.20. The van der Waals surface area contributed by atoms with Crippen LogP contribution < -0.4 is 5.32 Å². The van der Waals surface area contributed by atoms with E-state index < -0.39 is 17.7 Å². The number of anilines is 1. The van der Waals surface area contributed by atoms with Crippen LogP contribution in [0.2, 0.25) is 0 Å². The third kappa shape index (κ3) is 4.80. The zero-order valence-corrected chi connectivity index (χ0v) is 17.2. The highest BCUT2D eigenvalue weighted by Gasteiger charge is 2.39. The maximum absolute atomic E-state index is 14.3. The van der Waals surface area contributed by atoms with Gasteiger partial charge in [-0.2, -0.15) is 18.3 Å². The Morgan fingerprint density at radius 3 is 2.41 bits per heavy atom. The SMILES string of the molecule is CO.Oc1ccc(CNc2cc(-n3nc(C(F)(F)F)c4c3CCCC4)ccc2F)cc1O. The van der Waals surface area contributed by atoms with Crippen LogP contribution in [0.15, 0.2) is 36.4 Å². The van der Waals surface area contributed by atoms with Gasteiger partial charge >= 0.3 is 6.18 Å². The predicted octanol–water partition coefficient (Wildman–Crippen LogP) is 4.54. The van der Waals surface area contributed by atoms with Crippen molar-refractivity contribution in [2.24, 2.45) is 0 Å². The van der Waals surface area contributed by atoms with E-state index in [1.807, 2.05) is 0 Å². The molecule has 32 heavy (non-hydrogen) atoms. The number of halogens is 4. The quantitative estimate of drug-likeness (QED) is 0.344. The second-order valence-corrected chi connectivity index (χ2v) is 7.23. The fourth-order valence-corrected chi connectivity index (χ4v) is 3.70. The summed E-state index contributed by atoms with van der Waals surface area (Å²) in [7, 11) is 1.00. The first-order chi connectivity index (χ1) is 15.2. The van der Waals surface area contributed by atoms with Crippen molar-refractivity contribution in [2.75, 3.05) is 12.4 Å². The fourth-order valence-electron chi connectivity index (χ4n) is 3.70. The third-order valence-electron chi connectivity index (χ3n) is 5.17. The average Bonchev–Trinajstić information content (AvgIpc) is 3.17. The van der Waals surface area contributed by atoms with Crippen molar-refractivity contribution in [3.8, 4) is 17.2 Å². The first kappa shape index (κ1) is 23.4. The van der Waals surface area contributed by atoms with Crippen LogP contribution in [0.25, 0.3) is 5.69 Å². The molecule has 10 heteroatoms. The Labute approximate surface area is 181 Å². The van der Waals surface area contributed by atoms with Gasteiger partial charge in [-0.1, -0.05) is 6.07 Å². The molecule has 4 N–H and O–H groups in total. The van der Waals surface area contributed by atoms with Gasteiger partial charge in [-0.05, 0) is 61.6 Å². The van der Waals surface area contributed by atoms with Crippen molar-refractivity contribution < 1.29 is 32.9 Å². The Kier molecular flexibility index (Phi) is 6.93. The Morgan fingerprint density at radius 2 is 1.72 bits per heavy atom. The summed E-state index contributed by atoms with van der Waals surface area (Å²) in [4.78, 5) is 0. The lowest BCUT2D eigenvalue weighted by atomic mass is 9.95. The highest BCUT2D eigenvalue weighted by atomic mass is 19.4. The molecule has 0 unspecified atom stereocenters. The summed E-state index contributed by atoms with van der Waals surface area (Å²) in [5.41, 5.74) is 0.859. The minimum Gasteiger partial charge on any atom is -0.504 e. The first-order valence-corrected chi connectivity index (χ1v) is 9.91. The van der Waals surface area contributed by atoms with Crippen LogP contribution in [0.5, 0.6) is 11.5 Å². The number of phenols is 2. The number of benzene rings is 2. The lowest BCUT2D eigenvalue weighted by molar-refractivity contribution is -0.142. The van der Waals surface area contributed by atoms with Crippen molar-refractivity contribution in [2.45, 2.75) is 38.4 Å². The van der Waals surface area contributed by atoms with E-state index in [2.05, 4.69) is 10.4 Å². The van der Waals surface area contributed by atoms with Gasteiger partial charge in [0.15, 0.2) is 17.2 Å². The molecule has 6 nitrogen and oxygen atoms in total. The molecule has 0 amide bonds. The van der Waals surface area contributed by atoms with Gasteiger partial charge < -0.3 is 20.6 Å². The molecule has 3 aromatic rings. The van der Waals surface area contributed by atoms with E-state index in [4.69, 9.17) is 5.11 Å². The van der Waals surface area contributed by atoms with Crippen molar-refractivity contribution >= 4 is 5.69 Å². The Morgan fingerprint density at radius 1 is 1.00 bits per heavy atom. The monoisotopic (exact) mass is 453 g/mol. The largest absolute Gasteiger partial charge is 0.504 e. The number of aliphatic hydroxyl groups excluding tert-OH is 1. The number of nitrogens with zero attached hydrogens (tertiary/aromatic N) is 2. The molecule has 1 aromatic heterocycles. The summed E-state index contributed by atoms with van der Waals surface area (Å²) in [5, 5.41) is 32.6. The summed E-state index contributed by atoms with van der Waals surface area (Å²) in [6.45, 7) is 0.138. The van der Waals surface area contributed by atoms with Crippen LogP contribution in [0, 0.1) is 5.82 Å². The molecule has 0 saturated carbocycles. The normalized spacial score (nSPS) is 13.2. The van der Waals surface area contributed by atoms with Crippen LogP contribution in [0.1, 0.15) is 35.4 Å². The smallest absolute Gasteiger partial charge is 0.435 e. The highest BCUT2D eigenvalue weighted by Crippen LogP contribution is 2.37. The minimum absolute atomic E-state index is 0.0914. The Balaban J connectivity index is 0.00000141. The molecule has 0 radical (unpaired) electrons. The number of phenolic OH excluding ortho intramolecular Hbond substituents is 2. The fraction of sp³-hybridized carbons (Fsp3) is 0.318. The molecule has 4 rings (SSSR count). The molecule has 1 aliphatic carbocycles. The summed E-state index contributed by atoms with van der Waals surface area (Å²) >= 11 is 0. The van der Waals surface area contributed by atoms with Gasteiger partial charge in [-0.15, -0.1) is 0 Å². The lowest BCUT2D eigenvalue weighted by Gasteiger charge is -2.15. The topological polar surface area (TPSA) is 90.5 Å². The number of aromatic nitrogens is 2. The van der Waals surface area contributed by atoms with E-state index >= 15 is 0 Å².